The molecule has 0 aliphatic carbocycles. The second kappa shape index (κ2) is 7.03. The first-order valence-electron chi connectivity index (χ1n) is 5.48. The molecule has 0 saturated carbocycles. The molecule has 0 bridgehead atoms. The van der Waals surface area contributed by atoms with Gasteiger partial charge in [-0.1, -0.05) is 0 Å². The minimum atomic E-state index is -3.74. The number of ether oxygens (including phenoxy) is 2. The summed E-state index contributed by atoms with van der Waals surface area (Å²) in [5.74, 6) is 0.514. The Labute approximate surface area is 129 Å². The van der Waals surface area contributed by atoms with Crippen LogP contribution in [0.1, 0.15) is 13.8 Å². The van der Waals surface area contributed by atoms with Crippen molar-refractivity contribution in [2.45, 2.75) is 24.8 Å². The van der Waals surface area contributed by atoms with Gasteiger partial charge in [-0.2, -0.15) is 0 Å². The van der Waals surface area contributed by atoms with Crippen LogP contribution in [-0.4, -0.2) is 27.7 Å². The number of benzene rings is 1. The molecule has 0 fully saturated rings. The van der Waals surface area contributed by atoms with E-state index in [9.17, 15) is 8.42 Å². The third-order valence-electron chi connectivity index (χ3n) is 2.08. The van der Waals surface area contributed by atoms with E-state index in [4.69, 9.17) is 14.6 Å². The van der Waals surface area contributed by atoms with Crippen LogP contribution in [0.2, 0.25) is 0 Å². The van der Waals surface area contributed by atoms with E-state index in [0.717, 1.165) is 0 Å². The Morgan fingerprint density at radius 1 is 1.21 bits per heavy atom. The topological polar surface area (TPSA) is 78.6 Å². The number of sulfonamides is 1. The summed E-state index contributed by atoms with van der Waals surface area (Å²) in [6.07, 6.45) is 0.139. The lowest BCUT2D eigenvalue weighted by atomic mass is 10.3. The van der Waals surface area contributed by atoms with E-state index >= 15 is 0 Å². The predicted molar refractivity (Wildman–Crippen MR) is 79.8 cm³/mol. The standard InChI is InChI=1S/C11H15Br2NO4S/c1-7(2)17-3-4-18-11-9(12)5-8(6-10(11)13)19(14,15)16/h5-7H,3-4H2,1-2H3,(H2,14,15,16). The molecule has 0 saturated heterocycles. The normalized spacial score (nSPS) is 11.9. The van der Waals surface area contributed by atoms with Gasteiger partial charge in [0.15, 0.2) is 0 Å². The highest BCUT2D eigenvalue weighted by atomic mass is 79.9. The van der Waals surface area contributed by atoms with Crippen molar-refractivity contribution < 1.29 is 17.9 Å². The quantitative estimate of drug-likeness (QED) is 0.723. The van der Waals surface area contributed by atoms with Gasteiger partial charge >= 0.3 is 0 Å². The van der Waals surface area contributed by atoms with Crippen molar-refractivity contribution in [2.24, 2.45) is 5.14 Å². The van der Waals surface area contributed by atoms with Crippen LogP contribution in [0.3, 0.4) is 0 Å². The van der Waals surface area contributed by atoms with Crippen molar-refractivity contribution in [3.8, 4) is 5.75 Å². The van der Waals surface area contributed by atoms with Gasteiger partial charge in [0.1, 0.15) is 12.4 Å². The first-order chi connectivity index (χ1) is 8.71. The van der Waals surface area contributed by atoms with Crippen LogP contribution >= 0.6 is 31.9 Å². The van der Waals surface area contributed by atoms with Crippen molar-refractivity contribution in [3.63, 3.8) is 0 Å². The zero-order valence-electron chi connectivity index (χ0n) is 10.5. The first-order valence-corrected chi connectivity index (χ1v) is 8.61. The molecule has 0 aliphatic rings. The number of hydrogen-bond acceptors (Lipinski definition) is 4. The molecule has 0 aromatic heterocycles. The van der Waals surface area contributed by atoms with Gasteiger partial charge in [0.05, 0.1) is 26.6 Å². The fraction of sp³-hybridized carbons (Fsp3) is 0.455. The van der Waals surface area contributed by atoms with Gasteiger partial charge in [0.2, 0.25) is 10.0 Å². The van der Waals surface area contributed by atoms with Gasteiger partial charge in [-0.3, -0.25) is 0 Å². The number of rotatable bonds is 6. The fourth-order valence-electron chi connectivity index (χ4n) is 1.27. The molecule has 0 heterocycles. The lowest BCUT2D eigenvalue weighted by molar-refractivity contribution is 0.0549. The minimum Gasteiger partial charge on any atom is -0.489 e. The largest absolute Gasteiger partial charge is 0.489 e. The van der Waals surface area contributed by atoms with Crippen molar-refractivity contribution in [2.75, 3.05) is 13.2 Å². The third kappa shape index (κ3) is 5.39. The molecule has 0 amide bonds. The molecule has 1 aromatic carbocycles. The van der Waals surface area contributed by atoms with Crippen LogP contribution in [0.4, 0.5) is 0 Å². The number of primary sulfonamides is 1. The summed E-state index contributed by atoms with van der Waals surface area (Å²) in [5, 5.41) is 5.07. The predicted octanol–water partition coefficient (Wildman–Crippen LogP) is 2.66. The van der Waals surface area contributed by atoms with Crippen LogP contribution in [0.15, 0.2) is 26.0 Å². The summed E-state index contributed by atoms with van der Waals surface area (Å²) in [6, 6.07) is 2.80. The zero-order chi connectivity index (χ0) is 14.6. The second-order valence-electron chi connectivity index (χ2n) is 4.03. The Morgan fingerprint density at radius 3 is 2.16 bits per heavy atom. The van der Waals surface area contributed by atoms with Gasteiger partial charge in [-0.15, -0.1) is 0 Å². The van der Waals surface area contributed by atoms with Gasteiger partial charge in [0.25, 0.3) is 0 Å². The molecule has 0 unspecified atom stereocenters. The van der Waals surface area contributed by atoms with Crippen molar-refractivity contribution >= 4 is 41.9 Å². The van der Waals surface area contributed by atoms with Crippen LogP contribution in [0, 0.1) is 0 Å². The Kier molecular flexibility index (Phi) is 6.25. The molecule has 108 valence electrons. The maximum Gasteiger partial charge on any atom is 0.238 e. The van der Waals surface area contributed by atoms with E-state index < -0.39 is 10.0 Å². The summed E-state index contributed by atoms with van der Waals surface area (Å²) in [6.45, 7) is 4.69. The molecule has 5 nitrogen and oxygen atoms in total. The summed E-state index contributed by atoms with van der Waals surface area (Å²) < 4.78 is 34.4. The molecule has 0 radical (unpaired) electrons. The molecule has 2 N–H and O–H groups in total. The van der Waals surface area contributed by atoms with Crippen molar-refractivity contribution in [1.29, 1.82) is 0 Å². The minimum absolute atomic E-state index is 0.0111. The lowest BCUT2D eigenvalue weighted by Gasteiger charge is -2.13. The van der Waals surface area contributed by atoms with Gasteiger partial charge < -0.3 is 9.47 Å². The van der Waals surface area contributed by atoms with Gasteiger partial charge in [-0.05, 0) is 57.8 Å². The van der Waals surface area contributed by atoms with Crippen LogP contribution in [0.25, 0.3) is 0 Å². The van der Waals surface area contributed by atoms with Crippen LogP contribution < -0.4 is 9.88 Å². The Morgan fingerprint density at radius 2 is 1.74 bits per heavy atom. The molecule has 0 aliphatic heterocycles. The Balaban J connectivity index is 2.81. The van der Waals surface area contributed by atoms with E-state index in [1.165, 1.54) is 12.1 Å². The van der Waals surface area contributed by atoms with E-state index in [1.54, 1.807) is 0 Å². The average molecular weight is 417 g/mol. The summed E-state index contributed by atoms with van der Waals surface area (Å²) in [7, 11) is -3.74. The molecule has 0 atom stereocenters. The van der Waals surface area contributed by atoms with Crippen molar-refractivity contribution in [3.05, 3.63) is 21.1 Å². The molecule has 8 heteroatoms. The molecular weight excluding hydrogens is 402 g/mol. The van der Waals surface area contributed by atoms with E-state index in [-0.39, 0.29) is 11.0 Å². The smallest absolute Gasteiger partial charge is 0.238 e. The Bertz CT molecular complexity index is 523. The summed E-state index contributed by atoms with van der Waals surface area (Å²) in [4.78, 5) is 0.0111. The lowest BCUT2D eigenvalue weighted by Crippen LogP contribution is -2.13. The van der Waals surface area contributed by atoms with E-state index in [2.05, 4.69) is 31.9 Å². The zero-order valence-corrected chi connectivity index (χ0v) is 14.5. The molecular formula is C11H15Br2NO4S. The SMILES string of the molecule is CC(C)OCCOc1c(Br)cc(S(N)(=O)=O)cc1Br. The van der Waals surface area contributed by atoms with Crippen LogP contribution in [-0.2, 0) is 14.8 Å². The van der Waals surface area contributed by atoms with Gasteiger partial charge in [0, 0.05) is 0 Å². The summed E-state index contributed by atoms with van der Waals surface area (Å²) >= 11 is 6.51. The number of hydrogen-bond donors (Lipinski definition) is 1. The van der Waals surface area contributed by atoms with Crippen molar-refractivity contribution in [1.82, 2.24) is 0 Å². The average Bonchev–Trinajstić information content (AvgIpc) is 2.25. The second-order valence-corrected chi connectivity index (χ2v) is 7.30. The number of halogens is 2. The van der Waals surface area contributed by atoms with Gasteiger partial charge in [-0.25, -0.2) is 13.6 Å². The van der Waals surface area contributed by atoms with E-state index in [1.807, 2.05) is 13.8 Å². The highest BCUT2D eigenvalue weighted by Crippen LogP contribution is 2.35. The maximum absolute atomic E-state index is 11.3. The number of nitrogens with two attached hydrogens (primary N) is 1. The summed E-state index contributed by atoms with van der Waals surface area (Å²) in [5.41, 5.74) is 0. The first kappa shape index (κ1) is 16.9. The van der Waals surface area contributed by atoms with Crippen LogP contribution in [0.5, 0.6) is 5.75 Å². The monoisotopic (exact) mass is 415 g/mol. The third-order valence-corrected chi connectivity index (χ3v) is 4.15. The molecule has 19 heavy (non-hydrogen) atoms. The molecule has 1 aromatic rings. The highest BCUT2D eigenvalue weighted by molar-refractivity contribution is 9.11. The highest BCUT2D eigenvalue weighted by Gasteiger charge is 2.15. The fourth-order valence-corrected chi connectivity index (χ4v) is 3.55. The van der Waals surface area contributed by atoms with E-state index in [0.29, 0.717) is 27.9 Å². The molecule has 1 rings (SSSR count). The Hall–Kier alpha value is -0.150. The maximum atomic E-state index is 11.3. The molecule has 0 spiro atoms.